The third kappa shape index (κ3) is 6.61. The Morgan fingerprint density at radius 1 is 1.12 bits per heavy atom. The predicted octanol–water partition coefficient (Wildman–Crippen LogP) is 3.54. The van der Waals surface area contributed by atoms with Crippen LogP contribution in [0, 0.1) is 0 Å². The van der Waals surface area contributed by atoms with Gasteiger partial charge in [-0.1, -0.05) is 27.7 Å². The number of nitrogens with zero attached hydrogens (tertiary/aromatic N) is 1. The number of hydrogen-bond acceptors (Lipinski definition) is 2. The maximum absolute atomic E-state index is 11.5. The molecule has 1 rings (SSSR count). The standard InChI is InChI=1S/C10H13NO2.2C2H6/c1-3-11(2)10(13)8-4-6-9(12)7-5-8;2*1-2/h4-7,12H,3H2,1-2H3;2*1-2H3. The molecule has 0 atom stereocenters. The normalized spacial score (nSPS) is 8.12. The quantitative estimate of drug-likeness (QED) is 0.857. The Hall–Kier alpha value is -1.51. The molecule has 1 aromatic rings. The van der Waals surface area contributed by atoms with Crippen molar-refractivity contribution in [2.45, 2.75) is 34.6 Å². The zero-order valence-corrected chi connectivity index (χ0v) is 11.8. The van der Waals surface area contributed by atoms with Gasteiger partial charge < -0.3 is 10.0 Å². The minimum atomic E-state index is -0.0255. The first-order chi connectivity index (χ1) is 8.15. The Morgan fingerprint density at radius 3 is 1.88 bits per heavy atom. The fourth-order valence-corrected chi connectivity index (χ4v) is 0.968. The highest BCUT2D eigenvalue weighted by Gasteiger charge is 2.08. The Balaban J connectivity index is 0. The number of benzene rings is 1. The fraction of sp³-hybridized carbons (Fsp3) is 0.500. The van der Waals surface area contributed by atoms with Gasteiger partial charge in [0.1, 0.15) is 5.75 Å². The lowest BCUT2D eigenvalue weighted by atomic mass is 10.2. The number of aromatic hydroxyl groups is 1. The van der Waals surface area contributed by atoms with Gasteiger partial charge in [0, 0.05) is 19.2 Å². The van der Waals surface area contributed by atoms with E-state index < -0.39 is 0 Å². The van der Waals surface area contributed by atoms with E-state index in [2.05, 4.69) is 0 Å². The number of phenols is 1. The van der Waals surface area contributed by atoms with Crippen molar-refractivity contribution in [2.75, 3.05) is 13.6 Å². The maximum Gasteiger partial charge on any atom is 0.253 e. The van der Waals surface area contributed by atoms with E-state index >= 15 is 0 Å². The first-order valence-corrected chi connectivity index (χ1v) is 6.19. The van der Waals surface area contributed by atoms with Crippen molar-refractivity contribution >= 4 is 5.91 Å². The molecule has 0 saturated carbocycles. The molecular formula is C14H25NO2. The number of phenolic OH excluding ortho intramolecular Hbond substituents is 1. The Kier molecular flexibility index (Phi) is 11.6. The van der Waals surface area contributed by atoms with Crippen LogP contribution in [0.5, 0.6) is 5.75 Å². The van der Waals surface area contributed by atoms with Gasteiger partial charge in [0.2, 0.25) is 0 Å². The number of rotatable bonds is 2. The number of carbonyl (C=O) groups is 1. The highest BCUT2D eigenvalue weighted by molar-refractivity contribution is 5.94. The van der Waals surface area contributed by atoms with Gasteiger partial charge in [-0.25, -0.2) is 0 Å². The van der Waals surface area contributed by atoms with Gasteiger partial charge in [-0.2, -0.15) is 0 Å². The first-order valence-electron chi connectivity index (χ1n) is 6.19. The second-order valence-electron chi connectivity index (χ2n) is 2.87. The molecular weight excluding hydrogens is 214 g/mol. The molecule has 0 heterocycles. The van der Waals surface area contributed by atoms with Gasteiger partial charge in [-0.3, -0.25) is 4.79 Å². The van der Waals surface area contributed by atoms with Gasteiger partial charge >= 0.3 is 0 Å². The third-order valence-corrected chi connectivity index (χ3v) is 1.94. The van der Waals surface area contributed by atoms with Crippen LogP contribution in [-0.4, -0.2) is 29.5 Å². The molecule has 0 fully saturated rings. The number of hydrogen-bond donors (Lipinski definition) is 1. The van der Waals surface area contributed by atoms with Crippen LogP contribution >= 0.6 is 0 Å². The van der Waals surface area contributed by atoms with Crippen molar-refractivity contribution in [3.8, 4) is 5.75 Å². The topological polar surface area (TPSA) is 40.5 Å². The first kappa shape index (κ1) is 17.9. The molecule has 1 amide bonds. The van der Waals surface area contributed by atoms with Crippen LogP contribution in [0.3, 0.4) is 0 Å². The zero-order valence-electron chi connectivity index (χ0n) is 11.8. The molecule has 0 radical (unpaired) electrons. The molecule has 3 heteroatoms. The molecule has 1 aromatic carbocycles. The summed E-state index contributed by atoms with van der Waals surface area (Å²) < 4.78 is 0. The van der Waals surface area contributed by atoms with Gasteiger partial charge in [0.25, 0.3) is 5.91 Å². The predicted molar refractivity (Wildman–Crippen MR) is 73.4 cm³/mol. The van der Waals surface area contributed by atoms with E-state index in [0.29, 0.717) is 12.1 Å². The Labute approximate surface area is 105 Å². The summed E-state index contributed by atoms with van der Waals surface area (Å²) in [5, 5.41) is 9.01. The van der Waals surface area contributed by atoms with Crippen LogP contribution in [0.15, 0.2) is 24.3 Å². The lowest BCUT2D eigenvalue weighted by Gasteiger charge is -2.13. The van der Waals surface area contributed by atoms with E-state index in [1.54, 1.807) is 24.1 Å². The summed E-state index contributed by atoms with van der Waals surface area (Å²) in [5.74, 6) is 0.151. The van der Waals surface area contributed by atoms with Crippen molar-refractivity contribution < 1.29 is 9.90 Å². The molecule has 1 N–H and O–H groups in total. The monoisotopic (exact) mass is 239 g/mol. The lowest BCUT2D eigenvalue weighted by Crippen LogP contribution is -2.25. The second kappa shape index (κ2) is 11.0. The van der Waals surface area contributed by atoms with Crippen molar-refractivity contribution in [3.63, 3.8) is 0 Å². The van der Waals surface area contributed by atoms with Crippen molar-refractivity contribution in [1.82, 2.24) is 4.90 Å². The molecule has 0 spiro atoms. The van der Waals surface area contributed by atoms with Crippen LogP contribution in [0.25, 0.3) is 0 Å². The van der Waals surface area contributed by atoms with Crippen molar-refractivity contribution in [2.24, 2.45) is 0 Å². The van der Waals surface area contributed by atoms with Gasteiger partial charge in [-0.05, 0) is 31.2 Å². The summed E-state index contributed by atoms with van der Waals surface area (Å²) in [6.07, 6.45) is 0. The summed E-state index contributed by atoms with van der Waals surface area (Å²) in [4.78, 5) is 13.1. The van der Waals surface area contributed by atoms with E-state index in [1.807, 2.05) is 34.6 Å². The van der Waals surface area contributed by atoms with Crippen LogP contribution in [0.4, 0.5) is 0 Å². The van der Waals surface area contributed by atoms with E-state index in [4.69, 9.17) is 5.11 Å². The third-order valence-electron chi connectivity index (χ3n) is 1.94. The van der Waals surface area contributed by atoms with Gasteiger partial charge in [0.05, 0.1) is 0 Å². The molecule has 98 valence electrons. The molecule has 0 aliphatic heterocycles. The Morgan fingerprint density at radius 2 is 1.53 bits per heavy atom. The van der Waals surface area contributed by atoms with Crippen molar-refractivity contribution in [3.05, 3.63) is 29.8 Å². The Bertz CT molecular complexity index is 294. The SMILES string of the molecule is CC.CC.CCN(C)C(=O)c1ccc(O)cc1. The molecule has 3 nitrogen and oxygen atoms in total. The molecule has 0 saturated heterocycles. The zero-order chi connectivity index (χ0) is 13.8. The summed E-state index contributed by atoms with van der Waals surface area (Å²) in [5.41, 5.74) is 0.599. The maximum atomic E-state index is 11.5. The van der Waals surface area contributed by atoms with Crippen LogP contribution in [0.1, 0.15) is 45.0 Å². The molecule has 0 bridgehead atoms. The average molecular weight is 239 g/mol. The fourth-order valence-electron chi connectivity index (χ4n) is 0.968. The second-order valence-corrected chi connectivity index (χ2v) is 2.87. The molecule has 0 aliphatic rings. The smallest absolute Gasteiger partial charge is 0.253 e. The minimum Gasteiger partial charge on any atom is -0.508 e. The van der Waals surface area contributed by atoms with E-state index in [9.17, 15) is 4.79 Å². The summed E-state index contributed by atoms with van der Waals surface area (Å²) in [6.45, 7) is 10.6. The molecule has 0 aromatic heterocycles. The average Bonchev–Trinajstić information content (AvgIpc) is 2.42. The largest absolute Gasteiger partial charge is 0.508 e. The van der Waals surface area contributed by atoms with Crippen LogP contribution in [-0.2, 0) is 0 Å². The van der Waals surface area contributed by atoms with E-state index in [-0.39, 0.29) is 11.7 Å². The summed E-state index contributed by atoms with van der Waals surface area (Å²) >= 11 is 0. The summed E-state index contributed by atoms with van der Waals surface area (Å²) in [7, 11) is 1.75. The van der Waals surface area contributed by atoms with Crippen LogP contribution in [0.2, 0.25) is 0 Å². The lowest BCUT2D eigenvalue weighted by molar-refractivity contribution is 0.0802. The van der Waals surface area contributed by atoms with E-state index in [1.165, 1.54) is 12.1 Å². The van der Waals surface area contributed by atoms with Gasteiger partial charge in [0.15, 0.2) is 0 Å². The van der Waals surface area contributed by atoms with Crippen LogP contribution < -0.4 is 0 Å². The molecule has 0 aliphatic carbocycles. The number of carbonyl (C=O) groups excluding carboxylic acids is 1. The van der Waals surface area contributed by atoms with Crippen molar-refractivity contribution in [1.29, 1.82) is 0 Å². The molecule has 17 heavy (non-hydrogen) atoms. The summed E-state index contributed by atoms with van der Waals surface area (Å²) in [6, 6.07) is 6.25. The minimum absolute atomic E-state index is 0.0255. The highest BCUT2D eigenvalue weighted by atomic mass is 16.3. The number of amides is 1. The molecule has 0 unspecified atom stereocenters. The highest BCUT2D eigenvalue weighted by Crippen LogP contribution is 2.10. The van der Waals surface area contributed by atoms with Gasteiger partial charge in [-0.15, -0.1) is 0 Å². The van der Waals surface area contributed by atoms with E-state index in [0.717, 1.165) is 0 Å².